The van der Waals surface area contributed by atoms with Crippen LogP contribution >= 0.6 is 7.82 Å². The first kappa shape index (κ1) is 26.7. The lowest BCUT2D eigenvalue weighted by Gasteiger charge is -2.34. The number of H-pyrrole nitrogens is 1. The van der Waals surface area contributed by atoms with Crippen LogP contribution in [-0.2, 0) is 13.8 Å². The number of nitrogens with one attached hydrogen (secondary N) is 1. The summed E-state index contributed by atoms with van der Waals surface area (Å²) >= 11 is 0. The van der Waals surface area contributed by atoms with Gasteiger partial charge in [0.05, 0.1) is 38.9 Å². The van der Waals surface area contributed by atoms with Gasteiger partial charge in [-0.2, -0.15) is 0 Å². The number of hydrogen-bond acceptors (Lipinski definition) is 6. The zero-order valence-corrected chi connectivity index (χ0v) is 19.2. The molecule has 1 aliphatic heterocycles. The summed E-state index contributed by atoms with van der Waals surface area (Å²) in [4.78, 5) is 42.3. The summed E-state index contributed by atoms with van der Waals surface area (Å²) in [6.45, 7) is 15.2. The molecule has 12 heteroatoms. The highest BCUT2D eigenvalue weighted by molar-refractivity contribution is 7.46. The van der Waals surface area contributed by atoms with Gasteiger partial charge in [-0.15, -0.1) is 0 Å². The largest absolute Gasteiger partial charge is 0.469 e. The Balaban J connectivity index is 0.000000424. The number of aryl methyl sites for hydroxylation is 1. The topological polar surface area (TPSA) is 151 Å². The van der Waals surface area contributed by atoms with Gasteiger partial charge in [-0.05, 0) is 34.6 Å². The number of aromatic nitrogens is 2. The van der Waals surface area contributed by atoms with Crippen LogP contribution in [0, 0.1) is 6.92 Å². The first-order valence-corrected chi connectivity index (χ1v) is 11.7. The summed E-state index contributed by atoms with van der Waals surface area (Å²) in [6, 6.07) is 0. The summed E-state index contributed by atoms with van der Waals surface area (Å²) in [5.74, 6) is 0. The van der Waals surface area contributed by atoms with Crippen molar-refractivity contribution in [1.82, 2.24) is 9.55 Å². The second-order valence-electron chi connectivity index (χ2n) is 7.30. The number of rotatable bonds is 8. The third kappa shape index (κ3) is 7.42. The second-order valence-corrected chi connectivity index (χ2v) is 8.54. The number of phosphoric ester groups is 1. The Hall–Kier alpha value is -1.33. The fraction of sp³-hybridized carbons (Fsp3) is 0.778. The fourth-order valence-corrected chi connectivity index (χ4v) is 3.69. The fourth-order valence-electron chi connectivity index (χ4n) is 3.35. The highest BCUT2D eigenvalue weighted by Gasteiger charge is 2.37. The Kier molecular flexibility index (Phi) is 10.1. The summed E-state index contributed by atoms with van der Waals surface area (Å²) in [5, 5.41) is 9.79. The number of ether oxygens (including phenoxy) is 1. The van der Waals surface area contributed by atoms with Gasteiger partial charge in [0, 0.05) is 18.2 Å². The highest BCUT2D eigenvalue weighted by atomic mass is 31.2. The van der Waals surface area contributed by atoms with Crippen LogP contribution in [0.25, 0.3) is 0 Å². The van der Waals surface area contributed by atoms with E-state index in [1.165, 1.54) is 43.8 Å². The molecule has 1 aromatic heterocycles. The molecular weight excluding hydrogens is 417 g/mol. The van der Waals surface area contributed by atoms with Gasteiger partial charge in [0.25, 0.3) is 5.56 Å². The van der Waals surface area contributed by atoms with E-state index in [1.807, 2.05) is 0 Å². The number of aromatic amines is 1. The van der Waals surface area contributed by atoms with Crippen LogP contribution in [0.5, 0.6) is 0 Å². The molecule has 0 radical (unpaired) electrons. The van der Waals surface area contributed by atoms with Gasteiger partial charge in [0.15, 0.2) is 0 Å². The first-order chi connectivity index (χ1) is 13.9. The Bertz CT molecular complexity index is 812. The number of aliphatic hydroxyl groups excluding tert-OH is 1. The van der Waals surface area contributed by atoms with Crippen molar-refractivity contribution in [3.05, 3.63) is 32.6 Å². The molecule has 30 heavy (non-hydrogen) atoms. The van der Waals surface area contributed by atoms with E-state index in [2.05, 4.69) is 37.2 Å². The van der Waals surface area contributed by atoms with Crippen molar-refractivity contribution in [3.8, 4) is 0 Å². The normalized spacial score (nSPS) is 21.9. The summed E-state index contributed by atoms with van der Waals surface area (Å²) in [5.41, 5.74) is -0.918. The predicted octanol–water partition coefficient (Wildman–Crippen LogP) is 0.486. The Morgan fingerprint density at radius 1 is 1.20 bits per heavy atom. The van der Waals surface area contributed by atoms with Crippen LogP contribution in [0.4, 0.5) is 0 Å². The monoisotopic (exact) mass is 452 g/mol. The molecule has 1 aromatic rings. The van der Waals surface area contributed by atoms with Gasteiger partial charge in [0.1, 0.15) is 12.3 Å². The molecule has 2 heterocycles. The average molecular weight is 452 g/mol. The molecule has 0 aromatic carbocycles. The van der Waals surface area contributed by atoms with E-state index in [0.717, 1.165) is 4.57 Å². The molecule has 1 aliphatic rings. The summed E-state index contributed by atoms with van der Waals surface area (Å²) in [7, 11) is -4.67. The smallest absolute Gasteiger partial charge is 0.390 e. The minimum Gasteiger partial charge on any atom is -0.390 e. The number of aliphatic hydroxyl groups is 1. The third-order valence-electron chi connectivity index (χ3n) is 5.75. The Labute approximate surface area is 176 Å². The predicted molar refractivity (Wildman–Crippen MR) is 111 cm³/mol. The minimum atomic E-state index is -4.67. The quantitative estimate of drug-likeness (QED) is 0.329. The van der Waals surface area contributed by atoms with E-state index in [-0.39, 0.29) is 6.42 Å². The molecule has 1 fully saturated rings. The van der Waals surface area contributed by atoms with Crippen molar-refractivity contribution in [2.45, 2.75) is 59.5 Å². The molecule has 3 atom stereocenters. The van der Waals surface area contributed by atoms with Crippen molar-refractivity contribution >= 4 is 7.82 Å². The molecule has 2 rings (SSSR count). The lowest BCUT2D eigenvalue weighted by Crippen LogP contribution is -2.47. The van der Waals surface area contributed by atoms with Crippen LogP contribution in [0.15, 0.2) is 15.8 Å². The molecule has 0 saturated carbocycles. The van der Waals surface area contributed by atoms with Gasteiger partial charge in [0.2, 0.25) is 0 Å². The van der Waals surface area contributed by atoms with Crippen molar-refractivity contribution in [1.29, 1.82) is 0 Å². The number of phosphoric acid groups is 1. The molecule has 0 spiro atoms. The molecule has 174 valence electrons. The number of quaternary nitrogens is 1. The van der Waals surface area contributed by atoms with Crippen molar-refractivity contribution in [2.24, 2.45) is 0 Å². The standard InChI is InChI=1S/C10H15N2O8P.C8H20N/c1-5-3-12(10(15)11-9(5)14)8-2-6(13)7(20-8)4-19-21(16,17)18;1-5-9(6-2,7-3)8-4/h3,6-8,13H,2,4H2,1H3,(H,11,14,15)(H2,16,17,18);5-8H2,1-4H3/q;+1/t6-,7+,8+;/m0./s1. The van der Waals surface area contributed by atoms with E-state index < -0.39 is 44.1 Å². The van der Waals surface area contributed by atoms with Crippen molar-refractivity contribution in [2.75, 3.05) is 32.8 Å². The second kappa shape index (κ2) is 11.3. The van der Waals surface area contributed by atoms with Crippen LogP contribution in [0.2, 0.25) is 0 Å². The maximum Gasteiger partial charge on any atom is 0.469 e. The van der Waals surface area contributed by atoms with Crippen LogP contribution in [0.1, 0.15) is 45.9 Å². The molecular formula is C18H35N3O8P+. The lowest BCUT2D eigenvalue weighted by atomic mass is 10.2. The first-order valence-electron chi connectivity index (χ1n) is 10.1. The lowest BCUT2D eigenvalue weighted by molar-refractivity contribution is -0.921. The van der Waals surface area contributed by atoms with Crippen LogP contribution < -0.4 is 11.2 Å². The van der Waals surface area contributed by atoms with Gasteiger partial charge in [-0.25, -0.2) is 9.36 Å². The van der Waals surface area contributed by atoms with Gasteiger partial charge in [-0.3, -0.25) is 18.9 Å². The third-order valence-corrected chi connectivity index (χ3v) is 6.24. The van der Waals surface area contributed by atoms with E-state index in [4.69, 9.17) is 14.5 Å². The molecule has 11 nitrogen and oxygen atoms in total. The number of hydrogen-bond donors (Lipinski definition) is 4. The molecule has 0 aliphatic carbocycles. The SMILES string of the molecule is CC[N+](CC)(CC)CC.Cc1cn([C@H]2C[C@H](O)[C@@H](COP(=O)(O)O)O2)c(=O)[nH]c1=O. The van der Waals surface area contributed by atoms with Crippen molar-refractivity contribution in [3.63, 3.8) is 0 Å². The molecule has 0 unspecified atom stereocenters. The zero-order chi connectivity index (χ0) is 23.1. The molecule has 0 bridgehead atoms. The minimum absolute atomic E-state index is 0.0283. The van der Waals surface area contributed by atoms with E-state index in [1.54, 1.807) is 0 Å². The Morgan fingerprint density at radius 3 is 2.17 bits per heavy atom. The maximum absolute atomic E-state index is 11.7. The van der Waals surface area contributed by atoms with Gasteiger partial charge < -0.3 is 24.1 Å². The molecule has 0 amide bonds. The van der Waals surface area contributed by atoms with E-state index in [0.29, 0.717) is 5.56 Å². The van der Waals surface area contributed by atoms with Gasteiger partial charge >= 0.3 is 13.5 Å². The van der Waals surface area contributed by atoms with E-state index >= 15 is 0 Å². The number of nitrogens with zero attached hydrogens (tertiary/aromatic N) is 2. The van der Waals surface area contributed by atoms with Crippen molar-refractivity contribution < 1.29 is 33.2 Å². The molecule has 1 saturated heterocycles. The van der Waals surface area contributed by atoms with Crippen LogP contribution in [-0.4, -0.2) is 73.9 Å². The summed E-state index contributed by atoms with van der Waals surface area (Å²) in [6.07, 6.45) is -1.57. The maximum atomic E-state index is 11.7. The summed E-state index contributed by atoms with van der Waals surface area (Å²) < 4.78 is 22.6. The average Bonchev–Trinajstić information content (AvgIpc) is 3.06. The van der Waals surface area contributed by atoms with Crippen LogP contribution in [0.3, 0.4) is 0 Å². The highest BCUT2D eigenvalue weighted by Crippen LogP contribution is 2.38. The van der Waals surface area contributed by atoms with E-state index in [9.17, 15) is 19.3 Å². The Morgan fingerprint density at radius 2 is 1.73 bits per heavy atom. The zero-order valence-electron chi connectivity index (χ0n) is 18.3. The van der Waals surface area contributed by atoms with Gasteiger partial charge in [-0.1, -0.05) is 0 Å². The molecule has 4 N–H and O–H groups in total.